The number of hydrogen-bond donors (Lipinski definition) is 1. The molecule has 1 N–H and O–H groups in total. The molecule has 0 fully saturated rings. The third-order valence-corrected chi connectivity index (χ3v) is 6.30. The quantitative estimate of drug-likeness (QED) is 0.462. The number of carboxylic acids is 1. The zero-order valence-electron chi connectivity index (χ0n) is 18.0. The molecule has 8 heteroatoms. The Morgan fingerprint density at radius 2 is 1.88 bits per heavy atom. The number of hydrogen-bond acceptors (Lipinski definition) is 5. The van der Waals surface area contributed by atoms with Crippen molar-refractivity contribution < 1.29 is 14.6 Å². The van der Waals surface area contributed by atoms with Gasteiger partial charge < -0.3 is 9.84 Å². The van der Waals surface area contributed by atoms with Gasteiger partial charge in [-0.25, -0.2) is 9.59 Å². The molecule has 0 spiro atoms. The molecule has 0 aliphatic heterocycles. The van der Waals surface area contributed by atoms with Crippen LogP contribution in [0.5, 0.6) is 5.75 Å². The minimum absolute atomic E-state index is 0.0496. The number of benzene rings is 2. The first-order valence-electron chi connectivity index (χ1n) is 10.1. The first kappa shape index (κ1) is 22.1. The molecule has 7 nitrogen and oxygen atoms in total. The second-order valence-corrected chi connectivity index (χ2v) is 8.43. The number of carbonyl (C=O) groups is 1. The minimum atomic E-state index is -1.03. The highest BCUT2D eigenvalue weighted by atomic mass is 32.1. The number of fused-ring (bicyclic) bond motifs is 1. The van der Waals surface area contributed by atoms with Crippen LogP contribution < -0.4 is 16.0 Å². The van der Waals surface area contributed by atoms with Crippen molar-refractivity contribution in [2.75, 3.05) is 7.11 Å². The van der Waals surface area contributed by atoms with E-state index in [4.69, 9.17) is 9.84 Å². The second kappa shape index (κ2) is 9.18. The Bertz CT molecular complexity index is 1530. The van der Waals surface area contributed by atoms with E-state index in [9.17, 15) is 14.4 Å². The van der Waals surface area contributed by atoms with Crippen LogP contribution in [0.15, 0.2) is 64.3 Å². The van der Waals surface area contributed by atoms with Gasteiger partial charge in [0.2, 0.25) is 0 Å². The number of thiazole rings is 1. The summed E-state index contributed by atoms with van der Waals surface area (Å²) in [5.41, 5.74) is 1.45. The Morgan fingerprint density at radius 3 is 2.58 bits per heavy atom. The zero-order valence-corrected chi connectivity index (χ0v) is 18.8. The summed E-state index contributed by atoms with van der Waals surface area (Å²) in [7, 11) is 1.61. The summed E-state index contributed by atoms with van der Waals surface area (Å²) in [5, 5.41) is 9.04. The Kier molecular flexibility index (Phi) is 6.16. The second-order valence-electron chi connectivity index (χ2n) is 7.40. The van der Waals surface area contributed by atoms with Crippen molar-refractivity contribution in [2.24, 2.45) is 0 Å². The summed E-state index contributed by atoms with van der Waals surface area (Å²) in [6, 6.07) is 13.8. The normalized spacial score (nSPS) is 10.6. The Morgan fingerprint density at radius 1 is 1.12 bits per heavy atom. The van der Waals surface area contributed by atoms with Gasteiger partial charge in [0.1, 0.15) is 10.6 Å². The largest absolute Gasteiger partial charge is 0.497 e. The molecule has 0 amide bonds. The monoisotopic (exact) mass is 460 g/mol. The maximum atomic E-state index is 13.0. The van der Waals surface area contributed by atoms with Gasteiger partial charge >= 0.3 is 11.7 Å². The summed E-state index contributed by atoms with van der Waals surface area (Å²) < 4.78 is 7.82. The fraction of sp³-hybridized carbons (Fsp3) is 0.160. The van der Waals surface area contributed by atoms with Gasteiger partial charge in [-0.1, -0.05) is 36.1 Å². The molecule has 2 aromatic heterocycles. The molecular weight excluding hydrogens is 440 g/mol. The molecule has 33 heavy (non-hydrogen) atoms. The van der Waals surface area contributed by atoms with Crippen LogP contribution in [0.4, 0.5) is 0 Å². The highest BCUT2D eigenvalue weighted by Gasteiger charge is 2.14. The van der Waals surface area contributed by atoms with Gasteiger partial charge in [-0.15, -0.1) is 11.3 Å². The molecule has 0 saturated carbocycles. The van der Waals surface area contributed by atoms with Gasteiger partial charge in [0.05, 0.1) is 24.1 Å². The van der Waals surface area contributed by atoms with Crippen LogP contribution in [0.2, 0.25) is 0 Å². The molecule has 0 radical (unpaired) electrons. The van der Waals surface area contributed by atoms with Crippen molar-refractivity contribution in [1.82, 2.24) is 8.97 Å². The molecule has 2 aromatic carbocycles. The van der Waals surface area contributed by atoms with Crippen LogP contribution in [-0.4, -0.2) is 27.2 Å². The van der Waals surface area contributed by atoms with Crippen molar-refractivity contribution >= 4 is 22.1 Å². The van der Waals surface area contributed by atoms with Gasteiger partial charge in [0.15, 0.2) is 0 Å². The van der Waals surface area contributed by atoms with E-state index < -0.39 is 11.7 Å². The average Bonchev–Trinajstić information content (AvgIpc) is 3.25. The van der Waals surface area contributed by atoms with Crippen molar-refractivity contribution in [3.63, 3.8) is 0 Å². The maximum absolute atomic E-state index is 13.0. The summed E-state index contributed by atoms with van der Waals surface area (Å²) in [6.07, 6.45) is 2.18. The van der Waals surface area contributed by atoms with Crippen molar-refractivity contribution in [2.45, 2.75) is 19.9 Å². The number of methoxy groups -OCH3 is 1. The van der Waals surface area contributed by atoms with Gasteiger partial charge in [-0.2, -0.15) is 0 Å². The molecule has 0 saturated heterocycles. The maximum Gasteiger partial charge on any atom is 0.336 e. The fourth-order valence-electron chi connectivity index (χ4n) is 3.41. The van der Waals surface area contributed by atoms with Crippen molar-refractivity contribution in [3.05, 3.63) is 103 Å². The fourth-order valence-corrected chi connectivity index (χ4v) is 4.37. The van der Waals surface area contributed by atoms with E-state index in [2.05, 4.69) is 11.8 Å². The summed E-state index contributed by atoms with van der Waals surface area (Å²) in [6.45, 7) is 1.74. The third-order valence-electron chi connectivity index (χ3n) is 5.18. The van der Waals surface area contributed by atoms with Gasteiger partial charge in [-0.3, -0.25) is 13.8 Å². The first-order chi connectivity index (χ1) is 15.9. The Labute approximate surface area is 193 Å². The predicted molar refractivity (Wildman–Crippen MR) is 127 cm³/mol. The number of ether oxygens (including phenoxy) is 1. The lowest BCUT2D eigenvalue weighted by Gasteiger charge is -2.08. The molecule has 0 bridgehead atoms. The van der Waals surface area contributed by atoms with Gasteiger partial charge in [-0.05, 0) is 42.3 Å². The molecule has 2 heterocycles. The van der Waals surface area contributed by atoms with E-state index >= 15 is 0 Å². The van der Waals surface area contributed by atoms with Crippen LogP contribution in [0, 0.1) is 18.8 Å². The molecule has 0 atom stereocenters. The zero-order chi connectivity index (χ0) is 23.5. The highest BCUT2D eigenvalue weighted by molar-refractivity contribution is 7.18. The molecule has 0 aliphatic carbocycles. The Hall–Kier alpha value is -4.09. The number of nitrogens with zero attached hydrogens (tertiary/aromatic N) is 2. The first-order valence-corrected chi connectivity index (χ1v) is 10.9. The summed E-state index contributed by atoms with van der Waals surface area (Å²) in [5.74, 6) is 5.92. The molecule has 166 valence electrons. The van der Waals surface area contributed by atoms with E-state index in [-0.39, 0.29) is 17.7 Å². The lowest BCUT2D eigenvalue weighted by atomic mass is 10.1. The number of rotatable bonds is 5. The highest BCUT2D eigenvalue weighted by Crippen LogP contribution is 2.18. The van der Waals surface area contributed by atoms with Crippen LogP contribution in [0.25, 0.3) is 4.83 Å². The molecule has 0 aliphatic rings. The standard InChI is InChI=1S/C25H20N2O5S/c1-16-22(28)26(14-18-9-11-19(12-10-18)24(29)30)25(31)27-15-21(33-23(16)27)8-4-6-17-5-3-7-20(13-17)32-2/h3,5,7,9-13,15H,6,14H2,1-2H3,(H,29,30). The van der Waals surface area contributed by atoms with Gasteiger partial charge in [0, 0.05) is 18.2 Å². The average molecular weight is 461 g/mol. The van der Waals surface area contributed by atoms with E-state index in [0.717, 1.165) is 15.9 Å². The van der Waals surface area contributed by atoms with E-state index in [0.29, 0.717) is 27.3 Å². The lowest BCUT2D eigenvalue weighted by Crippen LogP contribution is -2.38. The van der Waals surface area contributed by atoms with E-state index in [1.807, 2.05) is 24.3 Å². The van der Waals surface area contributed by atoms with Crippen molar-refractivity contribution in [3.8, 4) is 17.6 Å². The van der Waals surface area contributed by atoms with Crippen molar-refractivity contribution in [1.29, 1.82) is 0 Å². The van der Waals surface area contributed by atoms with Crippen LogP contribution in [0.3, 0.4) is 0 Å². The number of carboxylic acid groups (broad SMARTS) is 1. The molecule has 0 unspecified atom stereocenters. The van der Waals surface area contributed by atoms with Crippen LogP contribution in [-0.2, 0) is 13.0 Å². The summed E-state index contributed by atoms with van der Waals surface area (Å²) >= 11 is 1.30. The van der Waals surface area contributed by atoms with Crippen LogP contribution >= 0.6 is 11.3 Å². The van der Waals surface area contributed by atoms with Gasteiger partial charge in [0.25, 0.3) is 5.56 Å². The number of aromatic carboxylic acids is 1. The molecule has 4 aromatic rings. The van der Waals surface area contributed by atoms with Crippen LogP contribution in [0.1, 0.15) is 31.9 Å². The predicted octanol–water partition coefficient (Wildman–Crippen LogP) is 3.18. The number of aryl methyl sites for hydroxylation is 1. The molecule has 4 rings (SSSR count). The third kappa shape index (κ3) is 4.59. The lowest BCUT2D eigenvalue weighted by molar-refractivity contribution is 0.0697. The SMILES string of the molecule is COc1cccc(CC#Cc2cn3c(=O)n(Cc4ccc(C(=O)O)cc4)c(=O)c(C)c3s2)c1. The number of aromatic nitrogens is 2. The summed E-state index contributed by atoms with van der Waals surface area (Å²) in [4.78, 5) is 38.2. The smallest absolute Gasteiger partial charge is 0.336 e. The minimum Gasteiger partial charge on any atom is -0.497 e. The Balaban J connectivity index is 1.65. The van der Waals surface area contributed by atoms with E-state index in [1.54, 1.807) is 32.4 Å². The molecular formula is C25H20N2O5S. The van der Waals surface area contributed by atoms with E-state index in [1.165, 1.54) is 27.9 Å². The topological polar surface area (TPSA) is 90.0 Å².